The second-order valence-corrected chi connectivity index (χ2v) is 8.88. The third kappa shape index (κ3) is 4.02. The molecule has 3 aromatic rings. The number of amides is 1. The number of benzene rings is 1. The highest BCUT2D eigenvalue weighted by molar-refractivity contribution is 7.98. The van der Waals surface area contributed by atoms with E-state index in [-0.39, 0.29) is 17.5 Å². The topological polar surface area (TPSA) is 66.1 Å². The predicted molar refractivity (Wildman–Crippen MR) is 118 cm³/mol. The van der Waals surface area contributed by atoms with E-state index in [2.05, 4.69) is 33.5 Å². The molecule has 1 aromatic carbocycles. The summed E-state index contributed by atoms with van der Waals surface area (Å²) in [5.74, 6) is 0.0726. The molecule has 3 heterocycles. The number of nitrogens with one attached hydrogen (secondary N) is 1. The van der Waals surface area contributed by atoms with Crippen molar-refractivity contribution in [2.24, 2.45) is 0 Å². The van der Waals surface area contributed by atoms with Crippen molar-refractivity contribution in [1.82, 2.24) is 14.9 Å². The zero-order valence-corrected chi connectivity index (χ0v) is 18.1. The lowest BCUT2D eigenvalue weighted by molar-refractivity contribution is -0.133. The van der Waals surface area contributed by atoms with Crippen LogP contribution in [0.1, 0.15) is 39.7 Å². The summed E-state index contributed by atoms with van der Waals surface area (Å²) in [6.45, 7) is 2.53. The second kappa shape index (κ2) is 8.55. The fourth-order valence-corrected chi connectivity index (χ4v) is 5.26. The summed E-state index contributed by atoms with van der Waals surface area (Å²) in [5, 5.41) is 2.71. The molecule has 150 valence electrons. The maximum absolute atomic E-state index is 13.2. The Morgan fingerprint density at radius 1 is 1.31 bits per heavy atom. The summed E-state index contributed by atoms with van der Waals surface area (Å²) in [6, 6.07) is 12.3. The number of rotatable bonds is 5. The smallest absolute Gasteiger partial charge is 0.254 e. The molecule has 7 heteroatoms. The third-order valence-corrected chi connectivity index (χ3v) is 6.96. The van der Waals surface area contributed by atoms with E-state index in [0.29, 0.717) is 35.8 Å². The third-order valence-electron chi connectivity index (χ3n) is 5.38. The van der Waals surface area contributed by atoms with Gasteiger partial charge < -0.3 is 9.88 Å². The van der Waals surface area contributed by atoms with Crippen LogP contribution >= 0.6 is 23.1 Å². The summed E-state index contributed by atoms with van der Waals surface area (Å²) < 4.78 is 0. The van der Waals surface area contributed by atoms with Crippen molar-refractivity contribution in [3.05, 3.63) is 79.4 Å². The molecular formula is C22H23N3O2S2. The highest BCUT2D eigenvalue weighted by atomic mass is 32.2. The molecular weight excluding hydrogens is 402 g/mol. The van der Waals surface area contributed by atoms with E-state index in [1.54, 1.807) is 11.3 Å². The molecule has 0 saturated carbocycles. The summed E-state index contributed by atoms with van der Waals surface area (Å²) >= 11 is 3.17. The molecule has 0 aliphatic carbocycles. The normalized spacial score (nSPS) is 15.9. The Bertz CT molecular complexity index is 1080. The SMILES string of the molecule is CSc1nc(C)c(CCC(=O)N2CCc3sccc3[C@H]2c2ccccc2)c(=O)[nH]1. The number of fused-ring (bicyclic) bond motifs is 1. The standard InChI is InChI=1S/C22H23N3O2S2/c1-14-16(21(27)24-22(23-14)28-2)8-9-19(26)25-12-10-18-17(11-13-29-18)20(25)15-6-4-3-5-7-15/h3-7,11,13,20H,8-10,12H2,1-2H3,(H,23,24,27)/t20-/m1/s1. The van der Waals surface area contributed by atoms with Gasteiger partial charge in [-0.3, -0.25) is 9.59 Å². The lowest BCUT2D eigenvalue weighted by Gasteiger charge is -2.36. The number of thioether (sulfide) groups is 1. The number of H-pyrrole nitrogens is 1. The zero-order chi connectivity index (χ0) is 20.4. The molecule has 1 aliphatic rings. The number of hydrogen-bond acceptors (Lipinski definition) is 5. The molecule has 1 atom stereocenters. The average Bonchev–Trinajstić information content (AvgIpc) is 3.21. The van der Waals surface area contributed by atoms with Gasteiger partial charge in [0.1, 0.15) is 0 Å². The maximum Gasteiger partial charge on any atom is 0.254 e. The van der Waals surface area contributed by atoms with E-state index in [4.69, 9.17) is 0 Å². The van der Waals surface area contributed by atoms with Crippen LogP contribution in [0.3, 0.4) is 0 Å². The summed E-state index contributed by atoms with van der Waals surface area (Å²) in [7, 11) is 0. The van der Waals surface area contributed by atoms with E-state index in [0.717, 1.165) is 12.0 Å². The van der Waals surface area contributed by atoms with Gasteiger partial charge >= 0.3 is 0 Å². The van der Waals surface area contributed by atoms with Crippen molar-refractivity contribution < 1.29 is 4.79 Å². The number of thiophene rings is 1. The van der Waals surface area contributed by atoms with E-state index in [9.17, 15) is 9.59 Å². The lowest BCUT2D eigenvalue weighted by Crippen LogP contribution is -2.40. The monoisotopic (exact) mass is 425 g/mol. The number of aryl methyl sites for hydroxylation is 1. The van der Waals surface area contributed by atoms with Gasteiger partial charge in [0, 0.05) is 29.1 Å². The van der Waals surface area contributed by atoms with E-state index in [1.807, 2.05) is 36.3 Å². The number of aromatic amines is 1. The average molecular weight is 426 g/mol. The molecule has 29 heavy (non-hydrogen) atoms. The Kier molecular flexibility index (Phi) is 5.87. The first-order valence-electron chi connectivity index (χ1n) is 9.63. The van der Waals surface area contributed by atoms with Crippen molar-refractivity contribution in [3.63, 3.8) is 0 Å². The highest BCUT2D eigenvalue weighted by Crippen LogP contribution is 2.38. The van der Waals surface area contributed by atoms with Gasteiger partial charge in [0.15, 0.2) is 5.16 Å². The van der Waals surface area contributed by atoms with Crippen LogP contribution in [0.25, 0.3) is 0 Å². The summed E-state index contributed by atoms with van der Waals surface area (Å²) in [4.78, 5) is 36.1. The molecule has 0 bridgehead atoms. The molecule has 1 N–H and O–H groups in total. The molecule has 0 saturated heterocycles. The second-order valence-electron chi connectivity index (χ2n) is 7.09. The molecule has 0 radical (unpaired) electrons. The molecule has 0 unspecified atom stereocenters. The van der Waals surface area contributed by atoms with Crippen molar-refractivity contribution >= 4 is 29.0 Å². The van der Waals surface area contributed by atoms with Crippen LogP contribution in [-0.2, 0) is 17.6 Å². The van der Waals surface area contributed by atoms with Gasteiger partial charge in [0.2, 0.25) is 5.91 Å². The Labute approximate surface area is 178 Å². The molecule has 5 nitrogen and oxygen atoms in total. The van der Waals surface area contributed by atoms with Gasteiger partial charge in [0.25, 0.3) is 5.56 Å². The van der Waals surface area contributed by atoms with Crippen LogP contribution in [-0.4, -0.2) is 33.6 Å². The van der Waals surface area contributed by atoms with Gasteiger partial charge in [-0.25, -0.2) is 4.98 Å². The number of aromatic nitrogens is 2. The molecule has 4 rings (SSSR count). The molecule has 0 spiro atoms. The minimum atomic E-state index is -0.145. The van der Waals surface area contributed by atoms with Gasteiger partial charge in [-0.2, -0.15) is 0 Å². The Balaban J connectivity index is 1.57. The van der Waals surface area contributed by atoms with Gasteiger partial charge in [0.05, 0.1) is 6.04 Å². The molecule has 1 aliphatic heterocycles. The van der Waals surface area contributed by atoms with E-state index in [1.165, 1.54) is 22.2 Å². The van der Waals surface area contributed by atoms with Crippen molar-refractivity contribution in [2.45, 2.75) is 37.4 Å². The number of carbonyl (C=O) groups excluding carboxylic acids is 1. The van der Waals surface area contributed by atoms with Gasteiger partial charge in [-0.15, -0.1) is 11.3 Å². The van der Waals surface area contributed by atoms with Crippen LogP contribution in [0.2, 0.25) is 0 Å². The van der Waals surface area contributed by atoms with Crippen LogP contribution in [0.4, 0.5) is 0 Å². The highest BCUT2D eigenvalue weighted by Gasteiger charge is 2.32. The van der Waals surface area contributed by atoms with Crippen LogP contribution in [0.15, 0.2) is 51.7 Å². The summed E-state index contributed by atoms with van der Waals surface area (Å²) in [6.07, 6.45) is 3.45. The van der Waals surface area contributed by atoms with Crippen molar-refractivity contribution in [3.8, 4) is 0 Å². The Hall–Kier alpha value is -2.38. The Morgan fingerprint density at radius 2 is 2.10 bits per heavy atom. The molecule has 0 fully saturated rings. The zero-order valence-electron chi connectivity index (χ0n) is 16.5. The summed E-state index contributed by atoms with van der Waals surface area (Å²) in [5.41, 5.74) is 3.50. The van der Waals surface area contributed by atoms with Crippen molar-refractivity contribution in [2.75, 3.05) is 12.8 Å². The minimum absolute atomic E-state index is 0.0601. The van der Waals surface area contributed by atoms with Crippen LogP contribution in [0.5, 0.6) is 0 Å². The number of nitrogens with zero attached hydrogens (tertiary/aromatic N) is 2. The first kappa shape index (κ1) is 19.9. The molecule has 2 aromatic heterocycles. The first-order chi connectivity index (χ1) is 14.1. The van der Waals surface area contributed by atoms with Gasteiger partial charge in [-0.05, 0) is 48.6 Å². The Morgan fingerprint density at radius 3 is 2.83 bits per heavy atom. The lowest BCUT2D eigenvalue weighted by atomic mass is 9.92. The van der Waals surface area contributed by atoms with Crippen LogP contribution < -0.4 is 5.56 Å². The van der Waals surface area contributed by atoms with E-state index >= 15 is 0 Å². The fourth-order valence-electron chi connectivity index (χ4n) is 3.93. The van der Waals surface area contributed by atoms with Crippen molar-refractivity contribution in [1.29, 1.82) is 0 Å². The largest absolute Gasteiger partial charge is 0.331 e. The van der Waals surface area contributed by atoms with Gasteiger partial charge in [-0.1, -0.05) is 42.1 Å². The maximum atomic E-state index is 13.2. The first-order valence-corrected chi connectivity index (χ1v) is 11.7. The van der Waals surface area contributed by atoms with Crippen LogP contribution in [0, 0.1) is 6.92 Å². The number of carbonyl (C=O) groups is 1. The molecule has 1 amide bonds. The predicted octanol–water partition coefficient (Wildman–Crippen LogP) is 3.97. The number of hydrogen-bond donors (Lipinski definition) is 1. The minimum Gasteiger partial charge on any atom is -0.331 e. The van der Waals surface area contributed by atoms with E-state index < -0.39 is 0 Å². The quantitative estimate of drug-likeness (QED) is 0.496. The fraction of sp³-hybridized carbons (Fsp3) is 0.318.